The van der Waals surface area contributed by atoms with Gasteiger partial charge in [0.2, 0.25) is 0 Å². The van der Waals surface area contributed by atoms with Crippen molar-refractivity contribution < 1.29 is 23.2 Å². The van der Waals surface area contributed by atoms with Crippen LogP contribution < -0.4 is 15.2 Å². The molecule has 6 rings (SSSR count). The Labute approximate surface area is 227 Å². The van der Waals surface area contributed by atoms with E-state index in [1.54, 1.807) is 20.2 Å². The lowest BCUT2D eigenvalue weighted by atomic mass is 9.89. The van der Waals surface area contributed by atoms with Gasteiger partial charge < -0.3 is 14.4 Å². The highest BCUT2D eigenvalue weighted by Crippen LogP contribution is 2.41. The van der Waals surface area contributed by atoms with Crippen LogP contribution in [-0.4, -0.2) is 44.8 Å². The summed E-state index contributed by atoms with van der Waals surface area (Å²) in [7, 11) is 3.21. The third-order valence-electron chi connectivity index (χ3n) is 6.71. The van der Waals surface area contributed by atoms with Crippen LogP contribution in [0, 0.1) is 5.82 Å². The Balaban J connectivity index is 1.46. The van der Waals surface area contributed by atoms with E-state index in [4.69, 9.17) is 14.0 Å². The molecule has 3 heterocycles. The van der Waals surface area contributed by atoms with E-state index in [-0.39, 0.29) is 18.4 Å². The van der Waals surface area contributed by atoms with Gasteiger partial charge in [0.15, 0.2) is 5.82 Å². The Morgan fingerprint density at radius 1 is 1.12 bits per heavy atom. The molecule has 0 saturated carbocycles. The number of aromatic amines is 1. The molecule has 0 bridgehead atoms. The second-order valence-electron chi connectivity index (χ2n) is 9.60. The molecule has 1 N–H and O–H groups in total. The molecule has 0 unspecified atom stereocenters. The quantitative estimate of drug-likeness (QED) is 0.346. The van der Waals surface area contributed by atoms with Crippen molar-refractivity contribution in [3.05, 3.63) is 105 Å². The third-order valence-corrected chi connectivity index (χ3v) is 6.71. The number of allylic oxidation sites excluding steroid dienone is 1. The van der Waals surface area contributed by atoms with Crippen LogP contribution in [0.1, 0.15) is 35.0 Å². The topological polar surface area (TPSA) is 115 Å². The molecule has 1 amide bonds. The number of halogens is 1. The molecular weight excluding hydrogens is 517 g/mol. The zero-order chi connectivity index (χ0) is 28.0. The summed E-state index contributed by atoms with van der Waals surface area (Å²) in [5.74, 6) is -0.460. The summed E-state index contributed by atoms with van der Waals surface area (Å²) in [6.07, 6.45) is -0.534. The monoisotopic (exact) mass is 541 g/mol. The number of ether oxygens (including phenoxy) is 2. The Morgan fingerprint density at radius 3 is 2.70 bits per heavy atom. The number of nitrogens with zero attached hydrogens (tertiary/aromatic N) is 4. The molecular formula is C29H24FN5O5. The van der Waals surface area contributed by atoms with Crippen LogP contribution >= 0.6 is 0 Å². The van der Waals surface area contributed by atoms with E-state index in [0.29, 0.717) is 28.9 Å². The van der Waals surface area contributed by atoms with Crippen LogP contribution in [0.15, 0.2) is 70.0 Å². The van der Waals surface area contributed by atoms with Gasteiger partial charge >= 0.3 is 17.9 Å². The van der Waals surface area contributed by atoms with E-state index in [0.717, 1.165) is 27.8 Å². The van der Waals surface area contributed by atoms with Gasteiger partial charge in [0.25, 0.3) is 0 Å². The van der Waals surface area contributed by atoms with Gasteiger partial charge in [-0.15, -0.1) is 0 Å². The zero-order valence-corrected chi connectivity index (χ0v) is 21.9. The fourth-order valence-electron chi connectivity index (χ4n) is 4.78. The molecule has 10 nitrogen and oxygen atoms in total. The van der Waals surface area contributed by atoms with Gasteiger partial charge in [-0.05, 0) is 59.5 Å². The van der Waals surface area contributed by atoms with Crippen LogP contribution in [-0.2, 0) is 13.2 Å². The first kappa shape index (κ1) is 25.1. The number of rotatable bonds is 4. The molecule has 1 aliphatic heterocycles. The van der Waals surface area contributed by atoms with Crippen molar-refractivity contribution in [3.8, 4) is 11.8 Å². The molecule has 5 aromatic rings. The van der Waals surface area contributed by atoms with E-state index < -0.39 is 17.7 Å². The molecule has 40 heavy (non-hydrogen) atoms. The predicted octanol–water partition coefficient (Wildman–Crippen LogP) is 4.83. The maximum Gasteiger partial charge on any atom is 0.439 e. The van der Waals surface area contributed by atoms with Crippen molar-refractivity contribution in [2.75, 3.05) is 14.1 Å². The van der Waals surface area contributed by atoms with Gasteiger partial charge in [0.05, 0.1) is 17.6 Å². The van der Waals surface area contributed by atoms with Crippen LogP contribution in [0.5, 0.6) is 11.8 Å². The number of aromatic nitrogens is 4. The number of carbonyl (C=O) groups is 1. The van der Waals surface area contributed by atoms with Gasteiger partial charge in [0, 0.05) is 31.3 Å². The summed E-state index contributed by atoms with van der Waals surface area (Å²) < 4.78 is 32.4. The van der Waals surface area contributed by atoms with Crippen LogP contribution in [0.2, 0.25) is 0 Å². The fourth-order valence-corrected chi connectivity index (χ4v) is 4.78. The van der Waals surface area contributed by atoms with Gasteiger partial charge in [-0.25, -0.2) is 14.0 Å². The predicted molar refractivity (Wildman–Crippen MR) is 144 cm³/mol. The highest BCUT2D eigenvalue weighted by Gasteiger charge is 2.24. The number of amides is 1. The highest BCUT2D eigenvalue weighted by atomic mass is 19.1. The Bertz CT molecular complexity index is 1870. The first-order valence-electron chi connectivity index (χ1n) is 12.4. The maximum atomic E-state index is 14.2. The Hall–Kier alpha value is -5.19. The van der Waals surface area contributed by atoms with Crippen LogP contribution in [0.4, 0.5) is 9.18 Å². The molecule has 0 saturated heterocycles. The minimum atomic E-state index is -0.673. The minimum Gasteiger partial charge on any atom is -0.488 e. The SMILES string of the molecule is CC(=C1c2ccc(Cn3c(OC(=O)N(C)C)nc4ccccc43)cc2COc2cc(F)ccc21)c1noc(=O)[nH]1. The van der Waals surface area contributed by atoms with Crippen LogP contribution in [0.25, 0.3) is 22.2 Å². The average Bonchev–Trinajstić information content (AvgIpc) is 3.47. The lowest BCUT2D eigenvalue weighted by Gasteiger charge is -2.15. The summed E-state index contributed by atoms with van der Waals surface area (Å²) in [5, 5.41) is 3.86. The summed E-state index contributed by atoms with van der Waals surface area (Å²) in [6.45, 7) is 2.35. The summed E-state index contributed by atoms with van der Waals surface area (Å²) in [6, 6.07) is 18.0. The molecule has 0 fully saturated rings. The molecule has 0 atom stereocenters. The first-order valence-corrected chi connectivity index (χ1v) is 12.4. The van der Waals surface area contributed by atoms with Crippen molar-refractivity contribution in [1.82, 2.24) is 24.6 Å². The first-order chi connectivity index (χ1) is 19.3. The maximum absolute atomic E-state index is 14.2. The Kier molecular flexibility index (Phi) is 6.18. The fraction of sp³-hybridized carbons (Fsp3) is 0.172. The number of fused-ring (bicyclic) bond motifs is 3. The molecule has 3 aromatic carbocycles. The van der Waals surface area contributed by atoms with Gasteiger partial charge in [-0.1, -0.05) is 29.4 Å². The number of nitrogens with one attached hydrogen (secondary N) is 1. The number of H-pyrrole nitrogens is 1. The number of hydrogen-bond acceptors (Lipinski definition) is 7. The van der Waals surface area contributed by atoms with Gasteiger partial charge in [-0.3, -0.25) is 14.1 Å². The standard InChI is InChI=1S/C29H24FN5O5/c1-16(26-32-28(36)40-33-26)25-20-10-8-17(12-18(20)15-38-24-13-19(30)9-11-21(24)25)14-35-23-7-5-4-6-22(23)31-27(35)39-29(37)34(2)3/h4-13H,14-15H2,1-3H3,(H,32,33,36). The van der Waals surface area contributed by atoms with E-state index in [1.165, 1.54) is 17.0 Å². The number of carbonyl (C=O) groups excluding carboxylic acids is 1. The molecule has 0 spiro atoms. The van der Waals surface area contributed by atoms with Crippen molar-refractivity contribution in [3.63, 3.8) is 0 Å². The van der Waals surface area contributed by atoms with Gasteiger partial charge in [0.1, 0.15) is 18.2 Å². The molecule has 0 aliphatic carbocycles. The second-order valence-corrected chi connectivity index (χ2v) is 9.60. The molecule has 2 aromatic heterocycles. The van der Waals surface area contributed by atoms with E-state index >= 15 is 0 Å². The highest BCUT2D eigenvalue weighted by molar-refractivity contribution is 5.99. The normalized spacial score (nSPS) is 13.7. The summed E-state index contributed by atoms with van der Waals surface area (Å²) >= 11 is 0. The lowest BCUT2D eigenvalue weighted by molar-refractivity contribution is 0.166. The Morgan fingerprint density at radius 2 is 1.93 bits per heavy atom. The van der Waals surface area contributed by atoms with Crippen LogP contribution in [0.3, 0.4) is 0 Å². The van der Waals surface area contributed by atoms with Crippen molar-refractivity contribution in [1.29, 1.82) is 0 Å². The largest absolute Gasteiger partial charge is 0.488 e. The minimum absolute atomic E-state index is 0.179. The molecule has 11 heteroatoms. The van der Waals surface area contributed by atoms with E-state index in [1.807, 2.05) is 54.0 Å². The number of para-hydroxylation sites is 2. The van der Waals surface area contributed by atoms with E-state index in [9.17, 15) is 14.0 Å². The van der Waals surface area contributed by atoms with Crippen molar-refractivity contribution >= 4 is 28.3 Å². The third kappa shape index (κ3) is 4.51. The van der Waals surface area contributed by atoms with E-state index in [2.05, 4.69) is 15.1 Å². The summed E-state index contributed by atoms with van der Waals surface area (Å²) in [5.41, 5.74) is 6.11. The zero-order valence-electron chi connectivity index (χ0n) is 21.9. The molecule has 0 radical (unpaired) electrons. The average molecular weight is 542 g/mol. The smallest absolute Gasteiger partial charge is 0.439 e. The summed E-state index contributed by atoms with van der Waals surface area (Å²) in [4.78, 5) is 32.5. The van der Waals surface area contributed by atoms with Crippen molar-refractivity contribution in [2.45, 2.75) is 20.1 Å². The molecule has 1 aliphatic rings. The number of imidazole rings is 1. The number of benzene rings is 3. The van der Waals surface area contributed by atoms with Gasteiger partial charge in [-0.2, -0.15) is 4.98 Å². The second kappa shape index (κ2) is 9.84. The molecule has 202 valence electrons. The lowest BCUT2D eigenvalue weighted by Crippen LogP contribution is -2.26. The van der Waals surface area contributed by atoms with Crippen molar-refractivity contribution in [2.24, 2.45) is 0 Å². The number of hydrogen-bond donors (Lipinski definition) is 1.